The Morgan fingerprint density at radius 3 is 2.30 bits per heavy atom. The Bertz CT molecular complexity index is 560. The maximum absolute atomic E-state index is 12.5. The highest BCUT2D eigenvalue weighted by atomic mass is 32.2. The number of nitrogens with one attached hydrogen (secondary N) is 1. The van der Waals surface area contributed by atoms with Crippen LogP contribution in [0.5, 0.6) is 0 Å². The predicted molar refractivity (Wildman–Crippen MR) is 117 cm³/mol. The van der Waals surface area contributed by atoms with Crippen LogP contribution in [0.4, 0.5) is 5.69 Å². The summed E-state index contributed by atoms with van der Waals surface area (Å²) in [5.41, 5.74) is 3.10. The zero-order valence-electron chi connectivity index (χ0n) is 17.3. The van der Waals surface area contributed by atoms with E-state index in [4.69, 9.17) is 0 Å². The first-order chi connectivity index (χ1) is 13.0. The Balaban J connectivity index is 2.46. The van der Waals surface area contributed by atoms with Crippen LogP contribution in [0.25, 0.3) is 0 Å². The Kier molecular flexibility index (Phi) is 12.1. The Labute approximate surface area is 168 Å². The molecule has 27 heavy (non-hydrogen) atoms. The number of aldehydes is 1. The van der Waals surface area contributed by atoms with Crippen molar-refractivity contribution in [3.8, 4) is 0 Å². The number of amides is 1. The standard InChI is InChI=1S/C21H35N3O2S/c1-5-10-23(12-14-25)13-15-27-17-24(11-6-2)16-20(26)22-21-18(3)8-7-9-19(21)4/h7-9,14H,5-6,10-13,15-17H2,1-4H3,(H,22,26). The topological polar surface area (TPSA) is 52.7 Å². The van der Waals surface area contributed by atoms with Crippen LogP contribution >= 0.6 is 11.8 Å². The molecule has 152 valence electrons. The quantitative estimate of drug-likeness (QED) is 0.298. The second-order valence-electron chi connectivity index (χ2n) is 6.87. The van der Waals surface area contributed by atoms with Crippen molar-refractivity contribution in [1.82, 2.24) is 9.80 Å². The molecule has 0 saturated heterocycles. The Hall–Kier alpha value is -1.37. The maximum atomic E-state index is 12.5. The minimum Gasteiger partial charge on any atom is -0.324 e. The summed E-state index contributed by atoms with van der Waals surface area (Å²) in [4.78, 5) is 27.6. The molecule has 0 fully saturated rings. The van der Waals surface area contributed by atoms with E-state index in [-0.39, 0.29) is 5.91 Å². The van der Waals surface area contributed by atoms with Crippen molar-refractivity contribution in [2.45, 2.75) is 40.5 Å². The van der Waals surface area contributed by atoms with Gasteiger partial charge in [0.2, 0.25) is 5.91 Å². The molecule has 0 heterocycles. The largest absolute Gasteiger partial charge is 0.324 e. The zero-order valence-corrected chi connectivity index (χ0v) is 18.1. The first kappa shape index (κ1) is 23.7. The fourth-order valence-electron chi connectivity index (χ4n) is 3.00. The summed E-state index contributed by atoms with van der Waals surface area (Å²) in [7, 11) is 0. The molecule has 0 aliphatic rings. The molecular formula is C21H35N3O2S. The molecule has 1 N–H and O–H groups in total. The van der Waals surface area contributed by atoms with Gasteiger partial charge in [-0.2, -0.15) is 0 Å². The summed E-state index contributed by atoms with van der Waals surface area (Å²) in [6.45, 7) is 12.0. The lowest BCUT2D eigenvalue weighted by atomic mass is 10.1. The highest BCUT2D eigenvalue weighted by Gasteiger charge is 2.13. The fourth-order valence-corrected chi connectivity index (χ4v) is 4.00. The van der Waals surface area contributed by atoms with Crippen molar-refractivity contribution in [3.05, 3.63) is 29.3 Å². The molecule has 5 nitrogen and oxygen atoms in total. The second-order valence-corrected chi connectivity index (χ2v) is 7.95. The van der Waals surface area contributed by atoms with E-state index < -0.39 is 0 Å². The van der Waals surface area contributed by atoms with Crippen molar-refractivity contribution in [2.24, 2.45) is 0 Å². The van der Waals surface area contributed by atoms with Gasteiger partial charge >= 0.3 is 0 Å². The number of hydrogen-bond acceptors (Lipinski definition) is 5. The van der Waals surface area contributed by atoms with Gasteiger partial charge in [-0.05, 0) is 50.9 Å². The van der Waals surface area contributed by atoms with E-state index in [0.29, 0.717) is 13.1 Å². The van der Waals surface area contributed by atoms with Crippen molar-refractivity contribution in [2.75, 3.05) is 49.7 Å². The highest BCUT2D eigenvalue weighted by Crippen LogP contribution is 2.19. The summed E-state index contributed by atoms with van der Waals surface area (Å²) >= 11 is 1.82. The molecule has 1 aromatic rings. The molecule has 0 bridgehead atoms. The molecule has 0 aromatic heterocycles. The van der Waals surface area contributed by atoms with Crippen LogP contribution in [0.15, 0.2) is 18.2 Å². The third-order valence-electron chi connectivity index (χ3n) is 4.35. The second kappa shape index (κ2) is 13.7. The van der Waals surface area contributed by atoms with Gasteiger partial charge in [-0.1, -0.05) is 32.0 Å². The fraction of sp³-hybridized carbons (Fsp3) is 0.619. The molecule has 0 radical (unpaired) electrons. The van der Waals surface area contributed by atoms with E-state index in [1.807, 2.05) is 43.8 Å². The monoisotopic (exact) mass is 393 g/mol. The van der Waals surface area contributed by atoms with E-state index in [0.717, 1.165) is 67.2 Å². The Morgan fingerprint density at radius 1 is 1.07 bits per heavy atom. The normalized spacial score (nSPS) is 11.2. The van der Waals surface area contributed by atoms with Crippen LogP contribution in [0.1, 0.15) is 37.8 Å². The number of hydrogen-bond donors (Lipinski definition) is 1. The first-order valence-corrected chi connectivity index (χ1v) is 11.0. The number of aryl methyl sites for hydroxylation is 2. The van der Waals surface area contributed by atoms with Gasteiger partial charge in [-0.15, -0.1) is 11.8 Å². The number of nitrogens with zero attached hydrogens (tertiary/aromatic N) is 2. The average Bonchev–Trinajstić information content (AvgIpc) is 2.62. The average molecular weight is 394 g/mol. The number of rotatable bonds is 14. The summed E-state index contributed by atoms with van der Waals surface area (Å²) in [6.07, 6.45) is 3.05. The molecule has 0 atom stereocenters. The van der Waals surface area contributed by atoms with Gasteiger partial charge in [0, 0.05) is 23.9 Å². The third kappa shape index (κ3) is 9.40. The molecule has 0 saturated carbocycles. The van der Waals surface area contributed by atoms with Crippen molar-refractivity contribution in [1.29, 1.82) is 0 Å². The van der Waals surface area contributed by atoms with Crippen molar-refractivity contribution < 1.29 is 9.59 Å². The van der Waals surface area contributed by atoms with Gasteiger partial charge in [-0.3, -0.25) is 14.6 Å². The molecular weight excluding hydrogens is 358 g/mol. The van der Waals surface area contributed by atoms with Crippen LogP contribution in [0, 0.1) is 13.8 Å². The lowest BCUT2D eigenvalue weighted by molar-refractivity contribution is -0.117. The van der Waals surface area contributed by atoms with Crippen molar-refractivity contribution in [3.63, 3.8) is 0 Å². The molecule has 1 aromatic carbocycles. The SMILES string of the molecule is CCCN(CC=O)CCSCN(CCC)CC(=O)Nc1c(C)cccc1C. The van der Waals surface area contributed by atoms with Crippen LogP contribution < -0.4 is 5.32 Å². The van der Waals surface area contributed by atoms with Gasteiger partial charge < -0.3 is 10.1 Å². The molecule has 6 heteroatoms. The highest BCUT2D eigenvalue weighted by molar-refractivity contribution is 7.99. The number of benzene rings is 1. The summed E-state index contributed by atoms with van der Waals surface area (Å²) in [6, 6.07) is 6.04. The molecule has 1 rings (SSSR count). The lowest BCUT2D eigenvalue weighted by Crippen LogP contribution is -2.34. The number of anilines is 1. The van der Waals surface area contributed by atoms with Crippen molar-refractivity contribution >= 4 is 29.6 Å². The predicted octanol–water partition coefficient (Wildman–Crippen LogP) is 3.56. The molecule has 0 spiro atoms. The number of thioether (sulfide) groups is 1. The van der Waals surface area contributed by atoms with Crippen LogP contribution in [0.2, 0.25) is 0 Å². The smallest absolute Gasteiger partial charge is 0.238 e. The minimum absolute atomic E-state index is 0.0371. The van der Waals surface area contributed by atoms with Crippen LogP contribution in [-0.4, -0.2) is 66.3 Å². The number of para-hydroxylation sites is 1. The molecule has 0 unspecified atom stereocenters. The van der Waals surface area contributed by atoms with Gasteiger partial charge in [0.25, 0.3) is 0 Å². The van der Waals surface area contributed by atoms with E-state index in [1.54, 1.807) is 0 Å². The van der Waals surface area contributed by atoms with Gasteiger partial charge in [0.05, 0.1) is 13.1 Å². The van der Waals surface area contributed by atoms with E-state index in [1.165, 1.54) is 0 Å². The van der Waals surface area contributed by atoms with Gasteiger partial charge in [0.1, 0.15) is 6.29 Å². The maximum Gasteiger partial charge on any atom is 0.238 e. The molecule has 1 amide bonds. The Morgan fingerprint density at radius 2 is 1.70 bits per heavy atom. The third-order valence-corrected chi connectivity index (χ3v) is 5.37. The van der Waals surface area contributed by atoms with Crippen LogP contribution in [-0.2, 0) is 9.59 Å². The van der Waals surface area contributed by atoms with E-state index >= 15 is 0 Å². The van der Waals surface area contributed by atoms with E-state index in [2.05, 4.69) is 29.0 Å². The first-order valence-electron chi connectivity index (χ1n) is 9.83. The molecule has 0 aliphatic carbocycles. The summed E-state index contributed by atoms with van der Waals surface area (Å²) in [5.74, 6) is 1.83. The number of carbonyl (C=O) groups is 2. The van der Waals surface area contributed by atoms with Gasteiger partial charge in [0.15, 0.2) is 0 Å². The van der Waals surface area contributed by atoms with Crippen LogP contribution in [0.3, 0.4) is 0 Å². The summed E-state index contributed by atoms with van der Waals surface area (Å²) < 4.78 is 0. The van der Waals surface area contributed by atoms with E-state index in [9.17, 15) is 9.59 Å². The summed E-state index contributed by atoms with van der Waals surface area (Å²) in [5, 5.41) is 3.07. The van der Waals surface area contributed by atoms with Gasteiger partial charge in [-0.25, -0.2) is 0 Å². The lowest BCUT2D eigenvalue weighted by Gasteiger charge is -2.23. The number of carbonyl (C=O) groups excluding carboxylic acids is 2. The molecule has 0 aliphatic heterocycles. The minimum atomic E-state index is 0.0371. The zero-order chi connectivity index (χ0) is 20.1.